The van der Waals surface area contributed by atoms with Gasteiger partial charge in [0.05, 0.1) is 46.2 Å². The lowest BCUT2D eigenvalue weighted by Gasteiger charge is -2.14. The molecule has 0 saturated carbocycles. The van der Waals surface area contributed by atoms with Crippen LogP contribution in [0, 0.1) is 0 Å². The van der Waals surface area contributed by atoms with Crippen LogP contribution >= 0.6 is 0 Å². The molecule has 0 aliphatic heterocycles. The summed E-state index contributed by atoms with van der Waals surface area (Å²) < 4.78 is 21.9. The molecule has 0 spiro atoms. The van der Waals surface area contributed by atoms with E-state index < -0.39 is 0 Å². The van der Waals surface area contributed by atoms with E-state index in [4.69, 9.17) is 18.9 Å². The zero-order chi connectivity index (χ0) is 21.6. The van der Waals surface area contributed by atoms with Crippen LogP contribution in [-0.2, 0) is 18.9 Å². The number of rotatable bonds is 17. The van der Waals surface area contributed by atoms with Crippen LogP contribution < -0.4 is 5.32 Å². The lowest BCUT2D eigenvalue weighted by molar-refractivity contribution is -0.00136. The van der Waals surface area contributed by atoms with E-state index in [0.29, 0.717) is 52.2 Å². The van der Waals surface area contributed by atoms with Crippen LogP contribution in [0.25, 0.3) is 11.1 Å². The lowest BCUT2D eigenvalue weighted by atomic mass is 9.94. The molecule has 5 nitrogen and oxygen atoms in total. The average Bonchev–Trinajstić information content (AvgIpc) is 3.13. The van der Waals surface area contributed by atoms with Crippen molar-refractivity contribution in [3.8, 4) is 11.1 Å². The minimum Gasteiger partial charge on any atom is -0.379 e. The van der Waals surface area contributed by atoms with Crippen molar-refractivity contribution in [3.63, 3.8) is 0 Å². The van der Waals surface area contributed by atoms with Gasteiger partial charge in [0, 0.05) is 19.1 Å². The largest absolute Gasteiger partial charge is 0.379 e. The summed E-state index contributed by atoms with van der Waals surface area (Å²) in [7, 11) is 0. The van der Waals surface area contributed by atoms with Crippen LogP contribution in [0.1, 0.15) is 36.8 Å². The van der Waals surface area contributed by atoms with Gasteiger partial charge in [0.25, 0.3) is 0 Å². The molecule has 0 atom stereocenters. The van der Waals surface area contributed by atoms with Gasteiger partial charge in [-0.15, -0.1) is 0 Å². The Morgan fingerprint density at radius 1 is 0.613 bits per heavy atom. The molecule has 0 fully saturated rings. The van der Waals surface area contributed by atoms with Crippen molar-refractivity contribution in [1.29, 1.82) is 0 Å². The number of nitrogens with one attached hydrogen (secondary N) is 1. The highest BCUT2D eigenvalue weighted by atomic mass is 16.6. The Balaban J connectivity index is 1.18. The molecule has 2 aromatic carbocycles. The maximum atomic E-state index is 5.64. The maximum absolute atomic E-state index is 5.64. The summed E-state index contributed by atoms with van der Waals surface area (Å²) in [5.74, 6) is 0.481. The second-order valence-electron chi connectivity index (χ2n) is 7.72. The molecule has 1 aliphatic carbocycles. The summed E-state index contributed by atoms with van der Waals surface area (Å²) in [6, 6.07) is 17.6. The molecule has 2 aromatic rings. The summed E-state index contributed by atoms with van der Waals surface area (Å²) in [5.41, 5.74) is 5.69. The van der Waals surface area contributed by atoms with Crippen molar-refractivity contribution in [3.05, 3.63) is 59.7 Å². The standard InChI is InChI=1S/C26H37NO4/c1-2-14-28-16-18-30-20-21-31-19-17-29-15-13-27-12-11-26-24-9-5-3-7-22(24)23-8-4-6-10-25(23)26/h3-10,26-27H,2,11-21H2,1H3. The van der Waals surface area contributed by atoms with Gasteiger partial charge in [-0.1, -0.05) is 55.5 Å². The summed E-state index contributed by atoms with van der Waals surface area (Å²) in [6.45, 7) is 9.14. The van der Waals surface area contributed by atoms with Gasteiger partial charge in [0.15, 0.2) is 0 Å². The number of hydrogen-bond acceptors (Lipinski definition) is 5. The topological polar surface area (TPSA) is 49.0 Å². The van der Waals surface area contributed by atoms with E-state index in [0.717, 1.165) is 32.5 Å². The Morgan fingerprint density at radius 3 is 1.65 bits per heavy atom. The molecule has 3 rings (SSSR count). The fourth-order valence-corrected chi connectivity index (χ4v) is 3.99. The quantitative estimate of drug-likeness (QED) is 0.383. The number of fused-ring (bicyclic) bond motifs is 3. The Kier molecular flexibility index (Phi) is 11.0. The Bertz CT molecular complexity index is 706. The van der Waals surface area contributed by atoms with Crippen molar-refractivity contribution in [2.75, 3.05) is 65.9 Å². The van der Waals surface area contributed by atoms with Crippen molar-refractivity contribution < 1.29 is 18.9 Å². The van der Waals surface area contributed by atoms with E-state index in [2.05, 4.69) is 60.8 Å². The molecular formula is C26H37NO4. The molecule has 170 valence electrons. The van der Waals surface area contributed by atoms with Gasteiger partial charge in [0.2, 0.25) is 0 Å². The molecule has 5 heteroatoms. The molecule has 0 radical (unpaired) electrons. The van der Waals surface area contributed by atoms with Crippen molar-refractivity contribution in [1.82, 2.24) is 5.32 Å². The molecule has 0 amide bonds. The molecular weight excluding hydrogens is 390 g/mol. The highest BCUT2D eigenvalue weighted by molar-refractivity contribution is 5.78. The van der Waals surface area contributed by atoms with E-state index in [-0.39, 0.29) is 0 Å². The zero-order valence-electron chi connectivity index (χ0n) is 18.8. The van der Waals surface area contributed by atoms with Gasteiger partial charge in [-0.25, -0.2) is 0 Å². The molecule has 31 heavy (non-hydrogen) atoms. The second-order valence-corrected chi connectivity index (χ2v) is 7.72. The first-order valence-electron chi connectivity index (χ1n) is 11.6. The Labute approximate surface area is 187 Å². The summed E-state index contributed by atoms with van der Waals surface area (Å²) >= 11 is 0. The molecule has 0 bridgehead atoms. The van der Waals surface area contributed by atoms with Crippen LogP contribution in [0.5, 0.6) is 0 Å². The molecule has 0 heterocycles. The van der Waals surface area contributed by atoms with Gasteiger partial charge in [-0.05, 0) is 41.6 Å². The molecule has 0 unspecified atom stereocenters. The van der Waals surface area contributed by atoms with E-state index in [1.165, 1.54) is 22.3 Å². The first-order chi connectivity index (χ1) is 15.4. The van der Waals surface area contributed by atoms with Crippen molar-refractivity contribution in [2.24, 2.45) is 0 Å². The molecule has 0 saturated heterocycles. The lowest BCUT2D eigenvalue weighted by Crippen LogP contribution is -2.23. The summed E-state index contributed by atoms with van der Waals surface area (Å²) in [6.07, 6.45) is 2.14. The monoisotopic (exact) mass is 427 g/mol. The predicted octanol–water partition coefficient (Wildman–Crippen LogP) is 4.26. The summed E-state index contributed by atoms with van der Waals surface area (Å²) in [5, 5.41) is 3.52. The SMILES string of the molecule is CCCOCCOCCOCCOCCNCCC1c2ccccc2-c2ccccc21. The van der Waals surface area contributed by atoms with Gasteiger partial charge in [-0.2, -0.15) is 0 Å². The van der Waals surface area contributed by atoms with Gasteiger partial charge in [0.1, 0.15) is 0 Å². The minimum atomic E-state index is 0.481. The van der Waals surface area contributed by atoms with E-state index in [9.17, 15) is 0 Å². The van der Waals surface area contributed by atoms with Crippen molar-refractivity contribution >= 4 is 0 Å². The number of ether oxygens (including phenoxy) is 4. The van der Waals surface area contributed by atoms with E-state index in [1.54, 1.807) is 0 Å². The Morgan fingerprint density at radius 2 is 1.10 bits per heavy atom. The fraction of sp³-hybridized carbons (Fsp3) is 0.538. The first-order valence-corrected chi connectivity index (χ1v) is 11.6. The summed E-state index contributed by atoms with van der Waals surface area (Å²) in [4.78, 5) is 0. The molecule has 0 aromatic heterocycles. The third kappa shape index (κ3) is 7.70. The minimum absolute atomic E-state index is 0.481. The number of benzene rings is 2. The highest BCUT2D eigenvalue weighted by Gasteiger charge is 2.27. The Hall–Kier alpha value is -1.76. The zero-order valence-corrected chi connectivity index (χ0v) is 18.8. The second kappa shape index (κ2) is 14.3. The van der Waals surface area contributed by atoms with Gasteiger partial charge in [-0.3, -0.25) is 0 Å². The maximum Gasteiger partial charge on any atom is 0.0701 e. The van der Waals surface area contributed by atoms with Crippen LogP contribution in [0.4, 0.5) is 0 Å². The smallest absolute Gasteiger partial charge is 0.0701 e. The van der Waals surface area contributed by atoms with Crippen LogP contribution in [0.2, 0.25) is 0 Å². The first kappa shape index (κ1) is 23.9. The van der Waals surface area contributed by atoms with Crippen LogP contribution in [0.3, 0.4) is 0 Å². The van der Waals surface area contributed by atoms with E-state index in [1.807, 2.05) is 0 Å². The normalized spacial score (nSPS) is 12.8. The third-order valence-electron chi connectivity index (χ3n) is 5.46. The highest BCUT2D eigenvalue weighted by Crippen LogP contribution is 2.45. The number of hydrogen-bond donors (Lipinski definition) is 1. The van der Waals surface area contributed by atoms with Gasteiger partial charge < -0.3 is 24.3 Å². The molecule has 1 aliphatic rings. The fourth-order valence-electron chi connectivity index (χ4n) is 3.99. The molecule has 1 N–H and O–H groups in total. The van der Waals surface area contributed by atoms with Crippen molar-refractivity contribution in [2.45, 2.75) is 25.7 Å². The van der Waals surface area contributed by atoms with E-state index >= 15 is 0 Å². The van der Waals surface area contributed by atoms with Gasteiger partial charge >= 0.3 is 0 Å². The van der Waals surface area contributed by atoms with Crippen LogP contribution in [0.15, 0.2) is 48.5 Å². The van der Waals surface area contributed by atoms with Crippen LogP contribution in [-0.4, -0.2) is 65.9 Å². The third-order valence-corrected chi connectivity index (χ3v) is 5.46. The average molecular weight is 428 g/mol. The predicted molar refractivity (Wildman–Crippen MR) is 125 cm³/mol.